The van der Waals surface area contributed by atoms with Crippen molar-refractivity contribution in [2.45, 2.75) is 13.8 Å². The Morgan fingerprint density at radius 1 is 1.37 bits per heavy atom. The molecule has 0 aliphatic carbocycles. The molecule has 3 rings (SSSR count). The molecule has 0 saturated carbocycles. The highest BCUT2D eigenvalue weighted by Crippen LogP contribution is 2.33. The minimum atomic E-state index is -0.534. The fourth-order valence-corrected chi connectivity index (χ4v) is 2.80. The van der Waals surface area contributed by atoms with Gasteiger partial charge in [-0.1, -0.05) is 0 Å². The van der Waals surface area contributed by atoms with E-state index < -0.39 is 4.92 Å². The molecule has 10 heteroatoms. The molecule has 0 aromatic heterocycles. The van der Waals surface area contributed by atoms with Gasteiger partial charge in [0.15, 0.2) is 17.1 Å². The molecule has 0 radical (unpaired) electrons. The van der Waals surface area contributed by atoms with Gasteiger partial charge < -0.3 is 5.73 Å². The summed E-state index contributed by atoms with van der Waals surface area (Å²) in [6, 6.07) is 7.32. The number of nitro groups is 1. The normalized spacial score (nSPS) is 10.6. The number of pyridine rings is 1. The fourth-order valence-electron chi connectivity index (χ4n) is 2.80. The van der Waals surface area contributed by atoms with E-state index in [1.807, 2.05) is 6.07 Å². The van der Waals surface area contributed by atoms with Crippen LogP contribution < -0.4 is 11.2 Å². The second kappa shape index (κ2) is 6.30. The number of hydrogen-bond donors (Lipinski definition) is 2. The van der Waals surface area contributed by atoms with Gasteiger partial charge in [-0.15, -0.1) is 0 Å². The summed E-state index contributed by atoms with van der Waals surface area (Å²) in [7, 11) is 0. The Morgan fingerprint density at radius 3 is 2.52 bits per heavy atom. The lowest BCUT2D eigenvalue weighted by Gasteiger charge is -2.20. The van der Waals surface area contributed by atoms with E-state index in [1.54, 1.807) is 6.92 Å². The summed E-state index contributed by atoms with van der Waals surface area (Å²) < 4.78 is 1.29. The molecule has 1 aromatic carbocycles. The molecule has 0 bridgehead atoms. The van der Waals surface area contributed by atoms with Gasteiger partial charge in [-0.2, -0.15) is 10.4 Å². The van der Waals surface area contributed by atoms with Crippen LogP contribution in [-0.2, 0) is 0 Å². The van der Waals surface area contributed by atoms with Crippen molar-refractivity contribution in [2.75, 3.05) is 5.73 Å². The Hall–Kier alpha value is -4.13. The van der Waals surface area contributed by atoms with Crippen LogP contribution in [0.4, 0.5) is 11.4 Å². The first kappa shape index (κ1) is 17.7. The Balaban J connectivity index is 2.43. The topological polar surface area (TPSA) is 165 Å². The van der Waals surface area contributed by atoms with Crippen LogP contribution in [0.3, 0.4) is 0 Å². The average Bonchev–Trinajstić information content (AvgIpc) is 2.61. The summed E-state index contributed by atoms with van der Waals surface area (Å²) in [4.78, 5) is 26.5. The first-order valence-electron chi connectivity index (χ1n) is 7.69. The lowest BCUT2D eigenvalue weighted by molar-refractivity contribution is -0.384. The van der Waals surface area contributed by atoms with Gasteiger partial charge in [0.05, 0.1) is 16.3 Å². The Kier molecular flexibility index (Phi) is 4.13. The third-order valence-electron chi connectivity index (χ3n) is 4.10. The smallest absolute Gasteiger partial charge is 0.269 e. The zero-order valence-corrected chi connectivity index (χ0v) is 14.3. The number of nitro benzene ring substituents is 1. The fraction of sp³-hybridized carbons (Fsp3) is 0.118. The molecule has 27 heavy (non-hydrogen) atoms. The summed E-state index contributed by atoms with van der Waals surface area (Å²) in [5, 5.41) is 32.4. The van der Waals surface area contributed by atoms with E-state index in [0.29, 0.717) is 16.8 Å². The maximum Gasteiger partial charge on any atom is 0.269 e. The summed E-state index contributed by atoms with van der Waals surface area (Å²) in [5.74, 6) is -0.147. The van der Waals surface area contributed by atoms with Crippen LogP contribution in [0.25, 0.3) is 17.1 Å². The number of carbonyl (C=O) groups excluding carboxylic acids is 1. The number of anilines is 1. The van der Waals surface area contributed by atoms with Crippen LogP contribution in [0.5, 0.6) is 0 Å². The highest BCUT2D eigenvalue weighted by molar-refractivity contribution is 5.96. The first-order chi connectivity index (χ1) is 12.8. The molecular formula is C17H13N7O3. The zero-order chi connectivity index (χ0) is 19.9. The molecule has 134 valence electrons. The molecule has 0 atom stereocenters. The number of rotatable bonds is 3. The van der Waals surface area contributed by atoms with Gasteiger partial charge in [-0.25, -0.2) is 9.67 Å². The largest absolute Gasteiger partial charge is 0.397 e. The van der Waals surface area contributed by atoms with Crippen molar-refractivity contribution in [1.29, 1.82) is 10.7 Å². The number of nitriles is 1. The molecule has 10 nitrogen and oxygen atoms in total. The lowest BCUT2D eigenvalue weighted by Crippen LogP contribution is -2.23. The van der Waals surface area contributed by atoms with Crippen LogP contribution >= 0.6 is 0 Å². The van der Waals surface area contributed by atoms with Crippen LogP contribution in [0.15, 0.2) is 24.3 Å². The average molecular weight is 363 g/mol. The molecule has 0 fully saturated rings. The quantitative estimate of drug-likeness (QED) is 0.406. The second-order valence-corrected chi connectivity index (χ2v) is 5.77. The number of Topliss-reactive ketones (excluding diaryl/α,β-unsaturated/α-hetero) is 1. The third kappa shape index (κ3) is 2.77. The minimum absolute atomic E-state index is 0.0329. The molecule has 0 unspecified atom stereocenters. The van der Waals surface area contributed by atoms with Gasteiger partial charge in [-0.3, -0.25) is 20.3 Å². The van der Waals surface area contributed by atoms with Crippen molar-refractivity contribution in [2.24, 2.45) is 0 Å². The van der Waals surface area contributed by atoms with Gasteiger partial charge in [0.25, 0.3) is 5.69 Å². The maximum atomic E-state index is 12.0. The number of nitrogens with two attached hydrogens (primary N) is 1. The van der Waals surface area contributed by atoms with E-state index in [2.05, 4.69) is 10.1 Å². The molecule has 1 aromatic rings. The van der Waals surface area contributed by atoms with Crippen molar-refractivity contribution >= 4 is 17.2 Å². The molecule has 0 spiro atoms. The van der Waals surface area contributed by atoms with E-state index in [0.717, 1.165) is 0 Å². The predicted molar refractivity (Wildman–Crippen MR) is 94.4 cm³/mol. The number of nitrogens with zero attached hydrogens (tertiary/aromatic N) is 5. The van der Waals surface area contributed by atoms with Gasteiger partial charge in [-0.05, 0) is 24.6 Å². The maximum absolute atomic E-state index is 12.0. The monoisotopic (exact) mass is 363 g/mol. The highest BCUT2D eigenvalue weighted by atomic mass is 16.6. The second-order valence-electron chi connectivity index (χ2n) is 5.77. The number of carbonyl (C=O) groups is 1. The molecule has 2 heterocycles. The lowest BCUT2D eigenvalue weighted by atomic mass is 10.0. The zero-order valence-electron chi connectivity index (χ0n) is 14.3. The van der Waals surface area contributed by atoms with Crippen LogP contribution in [0, 0.1) is 33.8 Å². The number of aromatic nitrogens is 3. The molecule has 0 amide bonds. The molecule has 0 saturated heterocycles. The van der Waals surface area contributed by atoms with Gasteiger partial charge in [0.1, 0.15) is 17.3 Å². The molecule has 2 aliphatic heterocycles. The van der Waals surface area contributed by atoms with E-state index >= 15 is 0 Å². The SMILES string of the molecule is CC(=O)c1nn(-c2ccc([N+](=O)[O-])cc2)c2nc(=N)c(C#N)c(N)c-2c1C. The van der Waals surface area contributed by atoms with Crippen LogP contribution in [-0.4, -0.2) is 25.5 Å². The third-order valence-corrected chi connectivity index (χ3v) is 4.10. The molecule has 3 N–H and O–H groups in total. The van der Waals surface area contributed by atoms with E-state index in [-0.39, 0.29) is 39.7 Å². The number of hydrogen-bond acceptors (Lipinski definition) is 8. The van der Waals surface area contributed by atoms with E-state index in [9.17, 15) is 20.2 Å². The summed E-state index contributed by atoms with van der Waals surface area (Å²) in [6.45, 7) is 2.98. The Bertz CT molecular complexity index is 1170. The highest BCUT2D eigenvalue weighted by Gasteiger charge is 2.25. The van der Waals surface area contributed by atoms with Crippen molar-refractivity contribution in [3.05, 3.63) is 56.7 Å². The van der Waals surface area contributed by atoms with Crippen LogP contribution in [0.1, 0.15) is 28.5 Å². The van der Waals surface area contributed by atoms with Crippen molar-refractivity contribution in [1.82, 2.24) is 14.8 Å². The number of benzene rings is 1. The Labute approximate surface area is 152 Å². The van der Waals surface area contributed by atoms with Crippen molar-refractivity contribution in [3.8, 4) is 23.1 Å². The standard InChI is InChI=1S/C17H13N7O3/c1-8-13-14(19)12(7-18)16(20)21-17(13)23(22-15(8)9(2)25)10-3-5-11(6-4-10)24(26)27/h3-6,20H,19H2,1-2H3. The summed E-state index contributed by atoms with van der Waals surface area (Å²) in [5.41, 5.74) is 6.88. The number of non-ortho nitro benzene ring substituents is 1. The van der Waals surface area contributed by atoms with Gasteiger partial charge in [0, 0.05) is 24.6 Å². The summed E-state index contributed by atoms with van der Waals surface area (Å²) >= 11 is 0. The molecule has 2 aliphatic rings. The Morgan fingerprint density at radius 2 is 2.00 bits per heavy atom. The van der Waals surface area contributed by atoms with Gasteiger partial charge >= 0.3 is 0 Å². The predicted octanol–water partition coefficient (Wildman–Crippen LogP) is 1.72. The first-order valence-corrected chi connectivity index (χ1v) is 7.69. The van der Waals surface area contributed by atoms with Crippen LogP contribution in [0.2, 0.25) is 0 Å². The number of nitrogens with one attached hydrogen (secondary N) is 1. The number of nitrogen functional groups attached to an aromatic ring is 1. The minimum Gasteiger partial charge on any atom is -0.397 e. The van der Waals surface area contributed by atoms with E-state index in [4.69, 9.17) is 11.1 Å². The molecular weight excluding hydrogens is 350 g/mol. The van der Waals surface area contributed by atoms with Crippen molar-refractivity contribution in [3.63, 3.8) is 0 Å². The summed E-state index contributed by atoms with van der Waals surface area (Å²) in [6.07, 6.45) is 0. The van der Waals surface area contributed by atoms with Crippen molar-refractivity contribution < 1.29 is 9.72 Å². The number of ketones is 1. The van der Waals surface area contributed by atoms with E-state index in [1.165, 1.54) is 35.9 Å². The van der Waals surface area contributed by atoms with Gasteiger partial charge in [0.2, 0.25) is 0 Å². The number of fused-ring (bicyclic) bond motifs is 1.